The lowest BCUT2D eigenvalue weighted by molar-refractivity contribution is -0.0429. The van der Waals surface area contributed by atoms with Crippen molar-refractivity contribution < 1.29 is 26.4 Å². The van der Waals surface area contributed by atoms with Gasteiger partial charge in [0.25, 0.3) is 0 Å². The van der Waals surface area contributed by atoms with Crippen LogP contribution in [0.2, 0.25) is 0 Å². The molecule has 21 heavy (non-hydrogen) atoms. The number of hydrogen-bond acceptors (Lipinski definition) is 4. The van der Waals surface area contributed by atoms with Crippen molar-refractivity contribution in [3.05, 3.63) is 28.2 Å². The van der Waals surface area contributed by atoms with Crippen LogP contribution in [0.25, 0.3) is 0 Å². The van der Waals surface area contributed by atoms with Crippen molar-refractivity contribution in [2.45, 2.75) is 19.4 Å². The standard InChI is InChI=1S/C11H12BrF3N2O3S/c1-3-20-16-7(2)9-6-8(12)4-5-10(9)17-21(18,19)11(13,14)15/h4-6,17H,3H2,1-2H3/b16-7+. The van der Waals surface area contributed by atoms with Gasteiger partial charge in [-0.1, -0.05) is 21.1 Å². The van der Waals surface area contributed by atoms with Crippen molar-refractivity contribution in [2.75, 3.05) is 11.3 Å². The van der Waals surface area contributed by atoms with Gasteiger partial charge in [-0.2, -0.15) is 21.6 Å². The van der Waals surface area contributed by atoms with Gasteiger partial charge in [0, 0.05) is 10.0 Å². The Balaban J connectivity index is 3.26. The summed E-state index contributed by atoms with van der Waals surface area (Å²) in [7, 11) is -5.50. The highest BCUT2D eigenvalue weighted by atomic mass is 79.9. The lowest BCUT2D eigenvalue weighted by atomic mass is 10.1. The molecule has 118 valence electrons. The normalized spacial score (nSPS) is 13.1. The maximum absolute atomic E-state index is 12.4. The number of halogens is 4. The molecule has 0 radical (unpaired) electrons. The number of sulfonamides is 1. The van der Waals surface area contributed by atoms with Crippen LogP contribution in [0.15, 0.2) is 27.8 Å². The summed E-state index contributed by atoms with van der Waals surface area (Å²) < 4.78 is 61.7. The van der Waals surface area contributed by atoms with E-state index in [1.54, 1.807) is 6.92 Å². The zero-order chi connectivity index (χ0) is 16.3. The Kier molecular flexibility index (Phi) is 5.62. The number of hydrogen-bond donors (Lipinski definition) is 1. The number of oxime groups is 1. The van der Waals surface area contributed by atoms with E-state index in [0.717, 1.165) is 0 Å². The molecule has 0 saturated carbocycles. The van der Waals surface area contributed by atoms with E-state index in [9.17, 15) is 21.6 Å². The molecule has 0 unspecified atom stereocenters. The zero-order valence-corrected chi connectivity index (χ0v) is 13.4. The smallest absolute Gasteiger partial charge is 0.396 e. The third-order valence-corrected chi connectivity index (χ3v) is 3.84. The van der Waals surface area contributed by atoms with Gasteiger partial charge in [0.2, 0.25) is 0 Å². The first-order chi connectivity index (χ1) is 9.58. The van der Waals surface area contributed by atoms with Crippen LogP contribution in [-0.2, 0) is 14.9 Å². The topological polar surface area (TPSA) is 67.8 Å². The van der Waals surface area contributed by atoms with Gasteiger partial charge in [-0.25, -0.2) is 0 Å². The number of nitrogens with zero attached hydrogens (tertiary/aromatic N) is 1. The SMILES string of the molecule is CCO/N=C(\C)c1cc(Br)ccc1NS(=O)(=O)C(F)(F)F. The minimum absolute atomic E-state index is 0.172. The molecular weight excluding hydrogens is 377 g/mol. The van der Waals surface area contributed by atoms with E-state index in [-0.39, 0.29) is 23.6 Å². The van der Waals surface area contributed by atoms with E-state index in [0.29, 0.717) is 4.47 Å². The van der Waals surface area contributed by atoms with Gasteiger partial charge in [0.15, 0.2) is 0 Å². The second kappa shape index (κ2) is 6.65. The minimum atomic E-state index is -5.50. The van der Waals surface area contributed by atoms with Crippen molar-refractivity contribution in [1.82, 2.24) is 0 Å². The molecule has 1 N–H and O–H groups in total. The molecule has 0 amide bonds. The Morgan fingerprint density at radius 3 is 2.57 bits per heavy atom. The first-order valence-corrected chi connectivity index (χ1v) is 7.91. The van der Waals surface area contributed by atoms with Crippen LogP contribution in [-0.4, -0.2) is 26.2 Å². The van der Waals surface area contributed by atoms with Gasteiger partial charge in [0.1, 0.15) is 6.61 Å². The summed E-state index contributed by atoms with van der Waals surface area (Å²) in [6, 6.07) is 4.05. The molecule has 0 saturated heterocycles. The van der Waals surface area contributed by atoms with Crippen LogP contribution in [0, 0.1) is 0 Å². The van der Waals surface area contributed by atoms with Crippen molar-refractivity contribution in [3.63, 3.8) is 0 Å². The fourth-order valence-corrected chi connectivity index (χ4v) is 2.26. The Morgan fingerprint density at radius 1 is 1.43 bits per heavy atom. The second-order valence-corrected chi connectivity index (χ2v) is 6.43. The molecule has 0 atom stereocenters. The fourth-order valence-electron chi connectivity index (χ4n) is 1.32. The van der Waals surface area contributed by atoms with Gasteiger partial charge in [-0.15, -0.1) is 0 Å². The first kappa shape index (κ1) is 17.8. The fraction of sp³-hybridized carbons (Fsp3) is 0.364. The van der Waals surface area contributed by atoms with Crippen LogP contribution in [0.5, 0.6) is 0 Å². The summed E-state index contributed by atoms with van der Waals surface area (Å²) in [4.78, 5) is 4.82. The molecule has 1 aromatic carbocycles. The van der Waals surface area contributed by atoms with Crippen LogP contribution in [0.1, 0.15) is 19.4 Å². The highest BCUT2D eigenvalue weighted by molar-refractivity contribution is 9.10. The molecule has 0 aliphatic rings. The Labute approximate surface area is 128 Å². The Bertz CT molecular complexity index is 645. The molecule has 1 aromatic rings. The highest BCUT2D eigenvalue weighted by Gasteiger charge is 2.46. The molecule has 0 spiro atoms. The minimum Gasteiger partial charge on any atom is -0.396 e. The maximum Gasteiger partial charge on any atom is 0.516 e. The highest BCUT2D eigenvalue weighted by Crippen LogP contribution is 2.28. The molecule has 0 aliphatic carbocycles. The maximum atomic E-state index is 12.4. The summed E-state index contributed by atoms with van der Waals surface area (Å²) in [6.07, 6.45) is 0. The third kappa shape index (κ3) is 4.60. The molecule has 5 nitrogen and oxygen atoms in total. The summed E-state index contributed by atoms with van der Waals surface area (Å²) in [5.74, 6) is 0. The summed E-state index contributed by atoms with van der Waals surface area (Å²) in [6.45, 7) is 3.45. The molecule has 0 bridgehead atoms. The van der Waals surface area contributed by atoms with Gasteiger partial charge in [-0.05, 0) is 32.0 Å². The Hall–Kier alpha value is -1.29. The van der Waals surface area contributed by atoms with E-state index in [2.05, 4.69) is 21.1 Å². The summed E-state index contributed by atoms with van der Waals surface area (Å²) in [5, 5.41) is 3.69. The number of alkyl halides is 3. The van der Waals surface area contributed by atoms with Gasteiger partial charge < -0.3 is 4.84 Å². The van der Waals surface area contributed by atoms with E-state index < -0.39 is 15.5 Å². The van der Waals surface area contributed by atoms with Gasteiger partial charge in [-0.3, -0.25) is 4.72 Å². The number of nitrogens with one attached hydrogen (secondary N) is 1. The van der Waals surface area contributed by atoms with E-state index in [1.165, 1.54) is 29.8 Å². The predicted octanol–water partition coefficient (Wildman–Crippen LogP) is 3.47. The summed E-state index contributed by atoms with van der Waals surface area (Å²) >= 11 is 3.16. The molecule has 10 heteroatoms. The molecule has 0 fully saturated rings. The molecule has 0 heterocycles. The van der Waals surface area contributed by atoms with E-state index >= 15 is 0 Å². The second-order valence-electron chi connectivity index (χ2n) is 3.84. The van der Waals surface area contributed by atoms with Gasteiger partial charge >= 0.3 is 15.5 Å². The number of anilines is 1. The quantitative estimate of drug-likeness (QED) is 0.620. The zero-order valence-electron chi connectivity index (χ0n) is 11.0. The monoisotopic (exact) mass is 388 g/mol. The third-order valence-electron chi connectivity index (χ3n) is 2.25. The van der Waals surface area contributed by atoms with E-state index in [4.69, 9.17) is 4.84 Å². The van der Waals surface area contributed by atoms with Crippen molar-refractivity contribution in [1.29, 1.82) is 0 Å². The van der Waals surface area contributed by atoms with Crippen LogP contribution in [0.4, 0.5) is 18.9 Å². The lowest BCUT2D eigenvalue weighted by Crippen LogP contribution is -2.30. The first-order valence-electron chi connectivity index (χ1n) is 5.64. The molecular formula is C11H12BrF3N2O3S. The average molecular weight is 389 g/mol. The van der Waals surface area contributed by atoms with Crippen LogP contribution in [0.3, 0.4) is 0 Å². The number of benzene rings is 1. The van der Waals surface area contributed by atoms with Crippen molar-refractivity contribution >= 4 is 37.4 Å². The van der Waals surface area contributed by atoms with E-state index in [1.807, 2.05) is 0 Å². The largest absolute Gasteiger partial charge is 0.516 e. The van der Waals surface area contributed by atoms with Crippen molar-refractivity contribution in [3.8, 4) is 0 Å². The summed E-state index contributed by atoms with van der Waals surface area (Å²) in [5.41, 5.74) is -5.23. The molecule has 1 rings (SSSR count). The molecule has 0 aliphatic heterocycles. The van der Waals surface area contributed by atoms with Crippen molar-refractivity contribution in [2.24, 2.45) is 5.16 Å². The van der Waals surface area contributed by atoms with Crippen LogP contribution >= 0.6 is 15.9 Å². The molecule has 0 aromatic heterocycles. The average Bonchev–Trinajstić information content (AvgIpc) is 2.36. The lowest BCUT2D eigenvalue weighted by Gasteiger charge is -2.14. The number of rotatable bonds is 5. The Morgan fingerprint density at radius 2 is 2.05 bits per heavy atom. The van der Waals surface area contributed by atoms with Gasteiger partial charge in [0.05, 0.1) is 11.4 Å². The van der Waals surface area contributed by atoms with Crippen LogP contribution < -0.4 is 4.72 Å². The predicted molar refractivity (Wildman–Crippen MR) is 76.6 cm³/mol.